The van der Waals surface area contributed by atoms with E-state index in [0.717, 1.165) is 16.7 Å². The van der Waals surface area contributed by atoms with E-state index in [-0.39, 0.29) is 11.3 Å². The molecule has 0 fully saturated rings. The van der Waals surface area contributed by atoms with Gasteiger partial charge in [0.05, 0.1) is 4.92 Å². The number of carbonyl (C=O) groups is 1. The summed E-state index contributed by atoms with van der Waals surface area (Å²) < 4.78 is 0. The maximum atomic E-state index is 12.5. The fourth-order valence-electron chi connectivity index (χ4n) is 2.79. The van der Waals surface area contributed by atoms with E-state index in [4.69, 9.17) is 0 Å². The molecule has 2 aromatic carbocycles. The summed E-state index contributed by atoms with van der Waals surface area (Å²) in [6, 6.07) is 10.3. The van der Waals surface area contributed by atoms with Crippen molar-refractivity contribution in [2.24, 2.45) is 0 Å². The van der Waals surface area contributed by atoms with E-state index in [2.05, 4.69) is 5.32 Å². The second-order valence-electron chi connectivity index (χ2n) is 6.20. The number of nitro benzene ring substituents is 1. The van der Waals surface area contributed by atoms with Crippen LogP contribution in [0.25, 0.3) is 6.08 Å². The number of hydrogen-bond acceptors (Lipinski definition) is 4. The van der Waals surface area contributed by atoms with E-state index in [1.807, 2.05) is 39.0 Å². The van der Waals surface area contributed by atoms with Gasteiger partial charge in [0.1, 0.15) is 11.6 Å². The molecular formula is C20H19N3O3. The molecule has 0 saturated carbocycles. The molecule has 0 atom stereocenters. The number of nitrogens with zero attached hydrogens (tertiary/aromatic N) is 2. The molecule has 0 aromatic heterocycles. The number of carbonyl (C=O) groups excluding carboxylic acids is 1. The van der Waals surface area contributed by atoms with E-state index in [1.165, 1.54) is 12.1 Å². The van der Waals surface area contributed by atoms with Crippen LogP contribution in [0.3, 0.4) is 0 Å². The maximum absolute atomic E-state index is 12.5. The first-order valence-corrected chi connectivity index (χ1v) is 7.99. The number of hydrogen-bond donors (Lipinski definition) is 1. The largest absolute Gasteiger partial charge is 0.321 e. The standard InChI is InChI=1S/C20H19N3O3/c1-12-7-14(3)19(15(4)8-12)22-20(24)17(11-21)9-16-6-5-13(2)18(10-16)23(25)26/h5-10H,1-4H3,(H,22,24)/b17-9+. The molecule has 0 spiro atoms. The summed E-state index contributed by atoms with van der Waals surface area (Å²) >= 11 is 0. The van der Waals surface area contributed by atoms with Crippen LogP contribution >= 0.6 is 0 Å². The lowest BCUT2D eigenvalue weighted by Crippen LogP contribution is -2.15. The Morgan fingerprint density at radius 2 is 1.73 bits per heavy atom. The van der Waals surface area contributed by atoms with Gasteiger partial charge in [0.2, 0.25) is 0 Å². The second kappa shape index (κ2) is 7.62. The molecular weight excluding hydrogens is 330 g/mol. The average Bonchev–Trinajstić information content (AvgIpc) is 2.56. The molecule has 1 N–H and O–H groups in total. The van der Waals surface area contributed by atoms with Crippen LogP contribution in [0.1, 0.15) is 27.8 Å². The highest BCUT2D eigenvalue weighted by Crippen LogP contribution is 2.24. The van der Waals surface area contributed by atoms with Gasteiger partial charge >= 0.3 is 0 Å². The molecule has 0 bridgehead atoms. The first-order valence-electron chi connectivity index (χ1n) is 7.99. The second-order valence-corrected chi connectivity index (χ2v) is 6.20. The van der Waals surface area contributed by atoms with Gasteiger partial charge in [-0.2, -0.15) is 5.26 Å². The number of benzene rings is 2. The molecule has 26 heavy (non-hydrogen) atoms. The van der Waals surface area contributed by atoms with Crippen LogP contribution in [-0.4, -0.2) is 10.8 Å². The highest BCUT2D eigenvalue weighted by Gasteiger charge is 2.15. The van der Waals surface area contributed by atoms with E-state index in [1.54, 1.807) is 19.1 Å². The Morgan fingerprint density at radius 3 is 2.27 bits per heavy atom. The van der Waals surface area contributed by atoms with Crippen molar-refractivity contribution < 1.29 is 9.72 Å². The molecule has 2 rings (SSSR count). The Bertz CT molecular complexity index is 946. The molecule has 2 aromatic rings. The Morgan fingerprint density at radius 1 is 1.12 bits per heavy atom. The summed E-state index contributed by atoms with van der Waals surface area (Å²) in [6.45, 7) is 7.37. The molecule has 1 amide bonds. The van der Waals surface area contributed by atoms with Crippen molar-refractivity contribution in [1.29, 1.82) is 5.26 Å². The van der Waals surface area contributed by atoms with Crippen molar-refractivity contribution in [3.63, 3.8) is 0 Å². The van der Waals surface area contributed by atoms with Crippen molar-refractivity contribution in [2.75, 3.05) is 5.32 Å². The maximum Gasteiger partial charge on any atom is 0.272 e. The number of aryl methyl sites for hydroxylation is 4. The summed E-state index contributed by atoms with van der Waals surface area (Å²) in [7, 11) is 0. The summed E-state index contributed by atoms with van der Waals surface area (Å²) in [6.07, 6.45) is 1.35. The predicted molar refractivity (Wildman–Crippen MR) is 101 cm³/mol. The van der Waals surface area contributed by atoms with E-state index in [9.17, 15) is 20.2 Å². The molecule has 6 heteroatoms. The average molecular weight is 349 g/mol. The molecule has 0 saturated heterocycles. The Kier molecular flexibility index (Phi) is 5.53. The number of nitrogens with one attached hydrogen (secondary N) is 1. The summed E-state index contributed by atoms with van der Waals surface area (Å²) in [5.74, 6) is -0.550. The number of nitro groups is 1. The third kappa shape index (κ3) is 4.14. The lowest BCUT2D eigenvalue weighted by atomic mass is 10.0. The number of amides is 1. The number of rotatable bonds is 4. The van der Waals surface area contributed by atoms with Gasteiger partial charge < -0.3 is 5.32 Å². The molecule has 0 aliphatic carbocycles. The van der Waals surface area contributed by atoms with Gasteiger partial charge in [-0.05, 0) is 50.5 Å². The molecule has 132 valence electrons. The van der Waals surface area contributed by atoms with Gasteiger partial charge in [-0.3, -0.25) is 14.9 Å². The van der Waals surface area contributed by atoms with E-state index < -0.39 is 10.8 Å². The fourth-order valence-corrected chi connectivity index (χ4v) is 2.79. The smallest absolute Gasteiger partial charge is 0.272 e. The first kappa shape index (κ1) is 18.9. The van der Waals surface area contributed by atoms with Crippen LogP contribution in [0.15, 0.2) is 35.9 Å². The van der Waals surface area contributed by atoms with Gasteiger partial charge in [0, 0.05) is 17.3 Å². The molecule has 6 nitrogen and oxygen atoms in total. The molecule has 0 aliphatic rings. The highest BCUT2D eigenvalue weighted by molar-refractivity contribution is 6.10. The number of anilines is 1. The highest BCUT2D eigenvalue weighted by atomic mass is 16.6. The minimum Gasteiger partial charge on any atom is -0.321 e. The number of nitriles is 1. The third-order valence-electron chi connectivity index (χ3n) is 4.02. The van der Waals surface area contributed by atoms with Gasteiger partial charge in [-0.25, -0.2) is 0 Å². The molecule has 0 unspecified atom stereocenters. The zero-order valence-electron chi connectivity index (χ0n) is 15.1. The van der Waals surface area contributed by atoms with Crippen molar-refractivity contribution >= 4 is 23.4 Å². The minimum atomic E-state index is -0.550. The first-order chi connectivity index (χ1) is 12.2. The van der Waals surface area contributed by atoms with Crippen LogP contribution in [0.4, 0.5) is 11.4 Å². The van der Waals surface area contributed by atoms with Crippen LogP contribution in [0.2, 0.25) is 0 Å². The summed E-state index contributed by atoms with van der Waals surface area (Å²) in [5.41, 5.74) is 4.31. The van der Waals surface area contributed by atoms with Gasteiger partial charge in [-0.1, -0.05) is 29.8 Å². The fraction of sp³-hybridized carbons (Fsp3) is 0.200. The molecule has 0 radical (unpaired) electrons. The Balaban J connectivity index is 2.36. The van der Waals surface area contributed by atoms with Gasteiger partial charge in [0.25, 0.3) is 11.6 Å². The van der Waals surface area contributed by atoms with Crippen LogP contribution in [0.5, 0.6) is 0 Å². The van der Waals surface area contributed by atoms with Crippen molar-refractivity contribution in [2.45, 2.75) is 27.7 Å². The quantitative estimate of drug-likeness (QED) is 0.383. The van der Waals surface area contributed by atoms with Crippen molar-refractivity contribution in [1.82, 2.24) is 0 Å². The van der Waals surface area contributed by atoms with Crippen molar-refractivity contribution in [3.05, 3.63) is 73.8 Å². The summed E-state index contributed by atoms with van der Waals surface area (Å²) in [5, 5.41) is 23.1. The van der Waals surface area contributed by atoms with Gasteiger partial charge in [-0.15, -0.1) is 0 Å². The van der Waals surface area contributed by atoms with Crippen LogP contribution < -0.4 is 5.32 Å². The lowest BCUT2D eigenvalue weighted by molar-refractivity contribution is -0.385. The Hall–Kier alpha value is -3.46. The van der Waals surface area contributed by atoms with E-state index >= 15 is 0 Å². The Labute approximate surface area is 151 Å². The zero-order valence-corrected chi connectivity index (χ0v) is 15.1. The normalized spacial score (nSPS) is 11.0. The SMILES string of the molecule is Cc1cc(C)c(NC(=O)/C(C#N)=C/c2ccc(C)c([N+](=O)[O-])c2)c(C)c1. The zero-order chi connectivity index (χ0) is 19.4. The minimum absolute atomic E-state index is 0.0540. The third-order valence-corrected chi connectivity index (χ3v) is 4.02. The molecule has 0 aliphatic heterocycles. The van der Waals surface area contributed by atoms with Gasteiger partial charge in [0.15, 0.2) is 0 Å². The topological polar surface area (TPSA) is 96.0 Å². The van der Waals surface area contributed by atoms with Crippen LogP contribution in [0, 0.1) is 49.1 Å². The predicted octanol–water partition coefficient (Wildman–Crippen LogP) is 4.37. The lowest BCUT2D eigenvalue weighted by Gasteiger charge is -2.12. The van der Waals surface area contributed by atoms with E-state index in [0.29, 0.717) is 16.8 Å². The summed E-state index contributed by atoms with van der Waals surface area (Å²) in [4.78, 5) is 23.0. The molecule has 0 heterocycles. The van der Waals surface area contributed by atoms with Crippen molar-refractivity contribution in [3.8, 4) is 6.07 Å². The van der Waals surface area contributed by atoms with Crippen LogP contribution in [-0.2, 0) is 4.79 Å². The monoisotopic (exact) mass is 349 g/mol.